The van der Waals surface area contributed by atoms with Crippen molar-refractivity contribution in [1.82, 2.24) is 30.2 Å². The van der Waals surface area contributed by atoms with E-state index >= 15 is 0 Å². The molecule has 2 aromatic heterocycles. The average Bonchev–Trinajstić information content (AvgIpc) is 3.25. The first-order valence-electron chi connectivity index (χ1n) is 12.2. The van der Waals surface area contributed by atoms with Gasteiger partial charge in [-0.05, 0) is 64.3 Å². The number of hydrogen-bond acceptors (Lipinski definition) is 8. The second-order valence-corrected chi connectivity index (χ2v) is 9.01. The third kappa shape index (κ3) is 6.95. The molecule has 0 aliphatic carbocycles. The number of hydrogen-bond donors (Lipinski definition) is 0. The Morgan fingerprint density at radius 2 is 1.21 bits per heavy atom. The Hall–Kier alpha value is -3.10. The molecule has 0 saturated carbocycles. The standard InChI is InChI=1S/C16H20N4.C10H16N4/c1-19-10-5-11-20(13-12-19)16-9-8-15(17-18-16)14-6-3-2-4-7-14;1-13-6-3-7-14(9-8-13)10-4-2-5-11-12-10/h2-4,6-9H,5,10-13H2,1H3;2,4-5H,3,6-9H2,1H3. The van der Waals surface area contributed by atoms with E-state index in [-0.39, 0.29) is 0 Å². The summed E-state index contributed by atoms with van der Waals surface area (Å²) in [6.45, 7) is 8.75. The molecule has 0 bridgehead atoms. The molecule has 4 heterocycles. The molecule has 0 radical (unpaired) electrons. The summed E-state index contributed by atoms with van der Waals surface area (Å²) in [7, 11) is 4.34. The molecular formula is C26H36N8. The highest BCUT2D eigenvalue weighted by Gasteiger charge is 2.14. The van der Waals surface area contributed by atoms with Gasteiger partial charge in [-0.1, -0.05) is 30.3 Å². The van der Waals surface area contributed by atoms with Gasteiger partial charge < -0.3 is 19.6 Å². The maximum absolute atomic E-state index is 4.40. The average molecular weight is 461 g/mol. The van der Waals surface area contributed by atoms with Gasteiger partial charge in [-0.2, -0.15) is 5.10 Å². The molecule has 180 valence electrons. The molecule has 0 N–H and O–H groups in total. The third-order valence-electron chi connectivity index (χ3n) is 6.37. The van der Waals surface area contributed by atoms with Gasteiger partial charge in [0.15, 0.2) is 11.6 Å². The number of rotatable bonds is 3. The topological polar surface area (TPSA) is 64.5 Å². The van der Waals surface area contributed by atoms with Crippen LogP contribution in [0.3, 0.4) is 0 Å². The normalized spacial score (nSPS) is 17.9. The summed E-state index contributed by atoms with van der Waals surface area (Å²) in [5.74, 6) is 1.99. The van der Waals surface area contributed by atoms with Crippen LogP contribution in [-0.2, 0) is 0 Å². The molecule has 0 unspecified atom stereocenters. The van der Waals surface area contributed by atoms with E-state index < -0.39 is 0 Å². The van der Waals surface area contributed by atoms with Gasteiger partial charge in [0.1, 0.15) is 0 Å². The fourth-order valence-corrected chi connectivity index (χ4v) is 4.27. The van der Waals surface area contributed by atoms with E-state index in [2.05, 4.69) is 78.4 Å². The maximum atomic E-state index is 4.40. The van der Waals surface area contributed by atoms with E-state index in [1.165, 1.54) is 19.4 Å². The summed E-state index contributed by atoms with van der Waals surface area (Å²) in [5.41, 5.74) is 2.04. The monoisotopic (exact) mass is 460 g/mol. The Balaban J connectivity index is 0.000000172. The first-order valence-corrected chi connectivity index (χ1v) is 12.2. The number of benzene rings is 1. The first-order chi connectivity index (χ1) is 16.7. The summed E-state index contributed by atoms with van der Waals surface area (Å²) in [6.07, 6.45) is 4.10. The van der Waals surface area contributed by atoms with Gasteiger partial charge in [-0.15, -0.1) is 15.3 Å². The summed E-state index contributed by atoms with van der Waals surface area (Å²) in [5, 5.41) is 16.8. The van der Waals surface area contributed by atoms with Crippen LogP contribution in [0.5, 0.6) is 0 Å². The number of aromatic nitrogens is 4. The Labute approximate surface area is 203 Å². The molecule has 8 heteroatoms. The zero-order valence-electron chi connectivity index (χ0n) is 20.4. The highest BCUT2D eigenvalue weighted by Crippen LogP contribution is 2.19. The quantitative estimate of drug-likeness (QED) is 0.591. The van der Waals surface area contributed by atoms with Crippen LogP contribution in [0.15, 0.2) is 60.8 Å². The SMILES string of the molecule is CN1CCCN(c2ccc(-c3ccccc3)nn2)CC1.CN1CCCN(c2cccnn2)CC1. The van der Waals surface area contributed by atoms with Crippen molar-refractivity contribution in [3.8, 4) is 11.3 Å². The van der Waals surface area contributed by atoms with E-state index in [1.807, 2.05) is 30.3 Å². The molecule has 3 aromatic rings. The first kappa shape index (κ1) is 24.0. The van der Waals surface area contributed by atoms with Gasteiger partial charge in [0.05, 0.1) is 5.69 Å². The maximum Gasteiger partial charge on any atom is 0.151 e. The number of anilines is 2. The molecule has 0 spiro atoms. The van der Waals surface area contributed by atoms with E-state index in [4.69, 9.17) is 0 Å². The molecule has 2 aliphatic heterocycles. The number of likely N-dealkylation sites (N-methyl/N-ethyl adjacent to an activating group) is 2. The summed E-state index contributed by atoms with van der Waals surface area (Å²) in [6, 6.07) is 18.3. The minimum atomic E-state index is 0.932. The smallest absolute Gasteiger partial charge is 0.151 e. The predicted octanol–water partition coefficient (Wildman–Crippen LogP) is 2.90. The van der Waals surface area contributed by atoms with Crippen LogP contribution >= 0.6 is 0 Å². The lowest BCUT2D eigenvalue weighted by Gasteiger charge is -2.20. The van der Waals surface area contributed by atoms with Crippen molar-refractivity contribution in [3.63, 3.8) is 0 Å². The van der Waals surface area contributed by atoms with Crippen molar-refractivity contribution < 1.29 is 0 Å². The van der Waals surface area contributed by atoms with Crippen LogP contribution in [0.1, 0.15) is 12.8 Å². The van der Waals surface area contributed by atoms with E-state index in [1.54, 1.807) is 6.20 Å². The lowest BCUT2D eigenvalue weighted by atomic mass is 10.1. The van der Waals surface area contributed by atoms with E-state index in [9.17, 15) is 0 Å². The molecule has 2 fully saturated rings. The van der Waals surface area contributed by atoms with E-state index in [0.717, 1.165) is 68.7 Å². The molecule has 0 atom stereocenters. The lowest BCUT2D eigenvalue weighted by molar-refractivity contribution is 0.360. The fourth-order valence-electron chi connectivity index (χ4n) is 4.27. The van der Waals surface area contributed by atoms with Gasteiger partial charge in [0.25, 0.3) is 0 Å². The zero-order valence-corrected chi connectivity index (χ0v) is 20.4. The van der Waals surface area contributed by atoms with Gasteiger partial charge >= 0.3 is 0 Å². The Morgan fingerprint density at radius 1 is 0.559 bits per heavy atom. The summed E-state index contributed by atoms with van der Waals surface area (Å²) >= 11 is 0. The predicted molar refractivity (Wildman–Crippen MR) is 138 cm³/mol. The fraction of sp³-hybridized carbons (Fsp3) is 0.462. The number of nitrogens with zero attached hydrogens (tertiary/aromatic N) is 8. The van der Waals surface area contributed by atoms with Crippen molar-refractivity contribution in [2.24, 2.45) is 0 Å². The second-order valence-electron chi connectivity index (χ2n) is 9.01. The van der Waals surface area contributed by atoms with Crippen molar-refractivity contribution in [2.75, 3.05) is 76.3 Å². The Bertz CT molecular complexity index is 967. The minimum absolute atomic E-state index is 0.932. The molecule has 1 aromatic carbocycles. The van der Waals surface area contributed by atoms with Gasteiger partial charge in [-0.3, -0.25) is 0 Å². The molecule has 2 saturated heterocycles. The molecule has 0 amide bonds. The summed E-state index contributed by atoms with van der Waals surface area (Å²) in [4.78, 5) is 9.35. The minimum Gasteiger partial charge on any atom is -0.354 e. The van der Waals surface area contributed by atoms with Gasteiger partial charge in [0.2, 0.25) is 0 Å². The highest BCUT2D eigenvalue weighted by atomic mass is 15.3. The van der Waals surface area contributed by atoms with Crippen molar-refractivity contribution in [3.05, 3.63) is 60.8 Å². The van der Waals surface area contributed by atoms with Crippen LogP contribution in [0.25, 0.3) is 11.3 Å². The Kier molecular flexibility index (Phi) is 8.76. The van der Waals surface area contributed by atoms with Gasteiger partial charge in [-0.25, -0.2) is 0 Å². The lowest BCUT2D eigenvalue weighted by Crippen LogP contribution is -2.29. The molecule has 2 aliphatic rings. The van der Waals surface area contributed by atoms with Crippen molar-refractivity contribution in [2.45, 2.75) is 12.8 Å². The molecule has 8 nitrogen and oxygen atoms in total. The van der Waals surface area contributed by atoms with Crippen LogP contribution < -0.4 is 9.80 Å². The van der Waals surface area contributed by atoms with Crippen LogP contribution in [0.2, 0.25) is 0 Å². The Morgan fingerprint density at radius 3 is 1.76 bits per heavy atom. The van der Waals surface area contributed by atoms with Crippen molar-refractivity contribution >= 4 is 11.6 Å². The largest absolute Gasteiger partial charge is 0.354 e. The van der Waals surface area contributed by atoms with Crippen LogP contribution in [-0.4, -0.2) is 96.6 Å². The van der Waals surface area contributed by atoms with E-state index in [0.29, 0.717) is 0 Å². The van der Waals surface area contributed by atoms with Crippen LogP contribution in [0, 0.1) is 0 Å². The molecule has 34 heavy (non-hydrogen) atoms. The second kappa shape index (κ2) is 12.4. The molecular weight excluding hydrogens is 424 g/mol. The van der Waals surface area contributed by atoms with Crippen LogP contribution in [0.4, 0.5) is 11.6 Å². The molecule has 5 rings (SSSR count). The highest BCUT2D eigenvalue weighted by molar-refractivity contribution is 5.59. The summed E-state index contributed by atoms with van der Waals surface area (Å²) < 4.78 is 0. The third-order valence-corrected chi connectivity index (χ3v) is 6.37. The van der Waals surface area contributed by atoms with Crippen molar-refractivity contribution in [1.29, 1.82) is 0 Å². The van der Waals surface area contributed by atoms with Gasteiger partial charge in [0, 0.05) is 51.0 Å². The zero-order chi connectivity index (χ0) is 23.6.